The number of benzene rings is 2. The van der Waals surface area contributed by atoms with Crippen molar-refractivity contribution in [2.45, 2.75) is 6.92 Å². The minimum absolute atomic E-state index is 0.0900. The van der Waals surface area contributed by atoms with Crippen molar-refractivity contribution in [2.24, 2.45) is 0 Å². The Morgan fingerprint density at radius 1 is 1.21 bits per heavy atom. The second-order valence-electron chi connectivity index (χ2n) is 5.76. The Morgan fingerprint density at radius 3 is 2.61 bits per heavy atom. The monoisotopic (exact) mass is 438 g/mol. The summed E-state index contributed by atoms with van der Waals surface area (Å²) in [6.45, 7) is 1.84. The summed E-state index contributed by atoms with van der Waals surface area (Å²) in [5.41, 5.74) is 1.30. The summed E-state index contributed by atoms with van der Waals surface area (Å²) in [5, 5.41) is 2.10. The molecule has 28 heavy (non-hydrogen) atoms. The van der Waals surface area contributed by atoms with Gasteiger partial charge in [0.15, 0.2) is 0 Å². The number of fused-ring (bicyclic) bond motifs is 1. The molecule has 0 fully saturated rings. The van der Waals surface area contributed by atoms with Gasteiger partial charge in [-0.2, -0.15) is 0 Å². The molecule has 2 aromatic carbocycles. The second kappa shape index (κ2) is 8.26. The van der Waals surface area contributed by atoms with Gasteiger partial charge in [-0.15, -0.1) is 0 Å². The van der Waals surface area contributed by atoms with Crippen LogP contribution in [0.25, 0.3) is 17.0 Å². The van der Waals surface area contributed by atoms with Crippen molar-refractivity contribution in [1.82, 2.24) is 4.98 Å². The van der Waals surface area contributed by atoms with Crippen molar-refractivity contribution < 1.29 is 17.9 Å². The predicted octanol–water partition coefficient (Wildman–Crippen LogP) is 5.06. The molecule has 0 spiro atoms. The van der Waals surface area contributed by atoms with Crippen LogP contribution < -0.4 is 4.72 Å². The molecular weight excluding hydrogens is 423 g/mol. The first-order valence-electron chi connectivity index (χ1n) is 8.24. The summed E-state index contributed by atoms with van der Waals surface area (Å²) in [6.07, 6.45) is 1.30. The number of ether oxygens (including phenoxy) is 1. The Morgan fingerprint density at radius 2 is 1.93 bits per heavy atom. The second-order valence-corrected chi connectivity index (χ2v) is 8.17. The van der Waals surface area contributed by atoms with Crippen molar-refractivity contribution in [3.8, 4) is 0 Å². The minimum atomic E-state index is -3.82. The Balaban J connectivity index is 2.06. The van der Waals surface area contributed by atoms with Gasteiger partial charge in [0.1, 0.15) is 5.69 Å². The Kier molecular flexibility index (Phi) is 5.98. The van der Waals surface area contributed by atoms with Gasteiger partial charge in [-0.1, -0.05) is 41.4 Å². The maximum absolute atomic E-state index is 12.4. The number of esters is 1. The molecule has 0 atom stereocenters. The average molecular weight is 439 g/mol. The van der Waals surface area contributed by atoms with Gasteiger partial charge in [0.25, 0.3) is 10.0 Å². The van der Waals surface area contributed by atoms with Gasteiger partial charge >= 0.3 is 5.97 Å². The van der Waals surface area contributed by atoms with Gasteiger partial charge in [-0.05, 0) is 37.3 Å². The first kappa shape index (κ1) is 20.3. The van der Waals surface area contributed by atoms with Crippen LogP contribution >= 0.6 is 23.2 Å². The van der Waals surface area contributed by atoms with Crippen molar-refractivity contribution in [2.75, 3.05) is 11.3 Å². The number of para-hydroxylation sites is 1. The van der Waals surface area contributed by atoms with Crippen LogP contribution in [-0.4, -0.2) is 26.0 Å². The number of rotatable bonds is 6. The maximum atomic E-state index is 12.4. The van der Waals surface area contributed by atoms with E-state index in [-0.39, 0.29) is 17.3 Å². The fourth-order valence-electron chi connectivity index (χ4n) is 2.67. The summed E-state index contributed by atoms with van der Waals surface area (Å²) in [7, 11) is -3.82. The van der Waals surface area contributed by atoms with Gasteiger partial charge in [0, 0.05) is 27.2 Å². The van der Waals surface area contributed by atoms with E-state index in [1.54, 1.807) is 43.3 Å². The van der Waals surface area contributed by atoms with Crippen LogP contribution in [0.15, 0.2) is 47.9 Å². The van der Waals surface area contributed by atoms with Crippen LogP contribution in [0.1, 0.15) is 23.0 Å². The van der Waals surface area contributed by atoms with E-state index in [0.29, 0.717) is 27.2 Å². The molecule has 0 aliphatic rings. The molecule has 0 saturated carbocycles. The Bertz CT molecular complexity index is 1160. The van der Waals surface area contributed by atoms with Crippen LogP contribution in [0.4, 0.5) is 5.69 Å². The predicted molar refractivity (Wildman–Crippen MR) is 112 cm³/mol. The molecule has 0 unspecified atom stereocenters. The number of aromatic amines is 1. The van der Waals surface area contributed by atoms with E-state index in [2.05, 4.69) is 9.71 Å². The van der Waals surface area contributed by atoms with Gasteiger partial charge in [-0.3, -0.25) is 4.72 Å². The van der Waals surface area contributed by atoms with E-state index >= 15 is 0 Å². The number of carbonyl (C=O) groups is 1. The lowest BCUT2D eigenvalue weighted by Gasteiger charge is -2.04. The van der Waals surface area contributed by atoms with Crippen molar-refractivity contribution in [3.63, 3.8) is 0 Å². The molecule has 0 aliphatic heterocycles. The third-order valence-corrected chi connectivity index (χ3v) is 5.31. The number of halogens is 2. The van der Waals surface area contributed by atoms with Gasteiger partial charge in [0.05, 0.1) is 17.0 Å². The van der Waals surface area contributed by atoms with Crippen molar-refractivity contribution in [1.29, 1.82) is 0 Å². The van der Waals surface area contributed by atoms with E-state index in [1.807, 2.05) is 0 Å². The number of sulfonamides is 1. The third kappa shape index (κ3) is 4.49. The van der Waals surface area contributed by atoms with Gasteiger partial charge in [-0.25, -0.2) is 13.2 Å². The molecule has 0 amide bonds. The first-order chi connectivity index (χ1) is 13.3. The molecule has 9 heteroatoms. The van der Waals surface area contributed by atoms with E-state index < -0.39 is 16.0 Å². The topological polar surface area (TPSA) is 88.3 Å². The molecule has 0 saturated heterocycles. The average Bonchev–Trinajstić information content (AvgIpc) is 2.99. The number of aromatic nitrogens is 1. The van der Waals surface area contributed by atoms with E-state index in [4.69, 9.17) is 27.9 Å². The number of hydrogen-bond acceptors (Lipinski definition) is 4. The Labute approximate surface area is 172 Å². The quantitative estimate of drug-likeness (QED) is 0.526. The molecule has 6 nitrogen and oxygen atoms in total. The summed E-state index contributed by atoms with van der Waals surface area (Å²) in [5.74, 6) is -0.626. The summed E-state index contributed by atoms with van der Waals surface area (Å²) >= 11 is 12.3. The highest BCUT2D eigenvalue weighted by Crippen LogP contribution is 2.33. The zero-order valence-corrected chi connectivity index (χ0v) is 17.0. The lowest BCUT2D eigenvalue weighted by molar-refractivity contribution is 0.0520. The molecule has 146 valence electrons. The highest BCUT2D eigenvalue weighted by molar-refractivity contribution is 7.95. The Hall–Kier alpha value is -2.48. The number of nitrogens with one attached hydrogen (secondary N) is 2. The third-order valence-electron chi connectivity index (χ3n) is 3.78. The summed E-state index contributed by atoms with van der Waals surface area (Å²) in [4.78, 5) is 15.2. The first-order valence-corrected chi connectivity index (χ1v) is 10.5. The number of H-pyrrole nitrogens is 1. The lowest BCUT2D eigenvalue weighted by atomic mass is 10.1. The molecule has 2 N–H and O–H groups in total. The molecule has 0 bridgehead atoms. The molecule has 0 aliphatic carbocycles. The standard InChI is InChI=1S/C19H16Cl2N2O4S/c1-2-27-19(24)18-14(17-15(21)10-12(20)11-16(17)22-18)8-9-28(25,26)23-13-6-4-3-5-7-13/h3-11,22-23H,2H2,1H3/b9-8+. The molecular formula is C19H16Cl2N2O4S. The van der Waals surface area contributed by atoms with Gasteiger partial charge in [0.2, 0.25) is 0 Å². The smallest absolute Gasteiger partial charge is 0.355 e. The lowest BCUT2D eigenvalue weighted by Crippen LogP contribution is -2.09. The highest BCUT2D eigenvalue weighted by Gasteiger charge is 2.20. The fourth-order valence-corrected chi connectivity index (χ4v) is 4.11. The van der Waals surface area contributed by atoms with Crippen LogP contribution in [0.2, 0.25) is 10.0 Å². The summed E-state index contributed by atoms with van der Waals surface area (Å²) in [6, 6.07) is 11.6. The maximum Gasteiger partial charge on any atom is 0.355 e. The molecule has 1 heterocycles. The van der Waals surface area contributed by atoms with E-state index in [0.717, 1.165) is 5.41 Å². The normalized spacial score (nSPS) is 11.8. The molecule has 1 aromatic heterocycles. The number of anilines is 1. The zero-order valence-electron chi connectivity index (χ0n) is 14.7. The van der Waals surface area contributed by atoms with Crippen LogP contribution in [0.5, 0.6) is 0 Å². The van der Waals surface area contributed by atoms with Crippen molar-refractivity contribution >= 4 is 61.9 Å². The van der Waals surface area contributed by atoms with Crippen LogP contribution in [0.3, 0.4) is 0 Å². The zero-order chi connectivity index (χ0) is 20.3. The molecule has 0 radical (unpaired) electrons. The van der Waals surface area contributed by atoms with Crippen molar-refractivity contribution in [3.05, 3.63) is 69.2 Å². The summed E-state index contributed by atoms with van der Waals surface area (Å²) < 4.78 is 32.3. The SMILES string of the molecule is CCOC(=O)c1[nH]c2cc(Cl)cc(Cl)c2c1/C=C/S(=O)(=O)Nc1ccccc1. The van der Waals surface area contributed by atoms with E-state index in [1.165, 1.54) is 12.1 Å². The van der Waals surface area contributed by atoms with Crippen LogP contribution in [0, 0.1) is 0 Å². The highest BCUT2D eigenvalue weighted by atomic mass is 35.5. The van der Waals surface area contributed by atoms with Gasteiger partial charge < -0.3 is 9.72 Å². The fraction of sp³-hybridized carbons (Fsp3) is 0.105. The number of carbonyl (C=O) groups excluding carboxylic acids is 1. The number of hydrogen-bond donors (Lipinski definition) is 2. The molecule has 3 aromatic rings. The van der Waals surface area contributed by atoms with Crippen LogP contribution in [-0.2, 0) is 14.8 Å². The van der Waals surface area contributed by atoms with E-state index in [9.17, 15) is 13.2 Å². The minimum Gasteiger partial charge on any atom is -0.461 e. The largest absolute Gasteiger partial charge is 0.461 e. The molecule has 3 rings (SSSR count).